The van der Waals surface area contributed by atoms with E-state index in [2.05, 4.69) is 47.5 Å². The summed E-state index contributed by atoms with van der Waals surface area (Å²) in [6.07, 6.45) is 6.39. The van der Waals surface area contributed by atoms with Crippen LogP contribution >= 0.6 is 0 Å². The molecule has 2 fully saturated rings. The molecule has 0 heterocycles. The highest BCUT2D eigenvalue weighted by Gasteiger charge is 2.44. The second kappa shape index (κ2) is 9.29. The molecule has 0 aromatic heterocycles. The van der Waals surface area contributed by atoms with Gasteiger partial charge in [0.15, 0.2) is 0 Å². The minimum absolute atomic E-state index is 0.207. The van der Waals surface area contributed by atoms with Crippen molar-refractivity contribution < 1.29 is 9.53 Å². The maximum absolute atomic E-state index is 11.9. The van der Waals surface area contributed by atoms with Gasteiger partial charge in [0.05, 0.1) is 11.5 Å². The lowest BCUT2D eigenvalue weighted by Crippen LogP contribution is -2.37. The number of nitriles is 1. The van der Waals surface area contributed by atoms with Crippen molar-refractivity contribution in [1.82, 2.24) is 5.32 Å². The van der Waals surface area contributed by atoms with E-state index in [9.17, 15) is 10.1 Å². The van der Waals surface area contributed by atoms with Crippen LogP contribution in [0.4, 0.5) is 10.5 Å². The van der Waals surface area contributed by atoms with Crippen LogP contribution in [0.2, 0.25) is 0 Å². The van der Waals surface area contributed by atoms with Crippen molar-refractivity contribution in [2.75, 3.05) is 24.5 Å². The highest BCUT2D eigenvalue weighted by molar-refractivity contribution is 5.67. The van der Waals surface area contributed by atoms with Crippen LogP contribution in [0.1, 0.15) is 71.8 Å². The van der Waals surface area contributed by atoms with Gasteiger partial charge in [-0.05, 0) is 95.8 Å². The number of benzene rings is 1. The van der Waals surface area contributed by atoms with E-state index in [-0.39, 0.29) is 11.5 Å². The molecule has 1 N–H and O–H groups in total. The largest absolute Gasteiger partial charge is 0.444 e. The Kier molecular flexibility index (Phi) is 6.95. The zero-order valence-corrected chi connectivity index (χ0v) is 19.0. The van der Waals surface area contributed by atoms with Crippen LogP contribution in [-0.4, -0.2) is 31.3 Å². The molecule has 2 saturated carbocycles. The summed E-state index contributed by atoms with van der Waals surface area (Å²) in [5.74, 6) is 1.24. The van der Waals surface area contributed by atoms with Gasteiger partial charge in [-0.1, -0.05) is 12.1 Å². The Morgan fingerprint density at radius 2 is 1.77 bits per heavy atom. The van der Waals surface area contributed by atoms with E-state index in [1.165, 1.54) is 24.1 Å². The standard InChI is InChI=1S/C25H37N3O2/c1-5-28(22-12-10-21(11-13-22)25(18-26)14-15-25)17-20-8-6-19(7-9-20)16-27-23(29)30-24(2,3)4/h10-13,19-20H,5-9,14-17H2,1-4H3,(H,27,29)/t19-,20-. The summed E-state index contributed by atoms with van der Waals surface area (Å²) in [5, 5.41) is 12.3. The van der Waals surface area contributed by atoms with Gasteiger partial charge in [-0.15, -0.1) is 0 Å². The van der Waals surface area contributed by atoms with Crippen LogP contribution in [0, 0.1) is 23.2 Å². The monoisotopic (exact) mass is 411 g/mol. The van der Waals surface area contributed by atoms with Gasteiger partial charge in [-0.2, -0.15) is 5.26 Å². The molecule has 30 heavy (non-hydrogen) atoms. The van der Waals surface area contributed by atoms with Crippen LogP contribution in [0.25, 0.3) is 0 Å². The molecule has 5 heteroatoms. The SMILES string of the molecule is CCN(C[C@H]1CC[C@H](CNC(=O)OC(C)(C)C)CC1)c1ccc(C2(C#N)CC2)cc1. The number of carbonyl (C=O) groups is 1. The number of hydrogen-bond donors (Lipinski definition) is 1. The van der Waals surface area contributed by atoms with Gasteiger partial charge in [0.25, 0.3) is 0 Å². The molecule has 5 nitrogen and oxygen atoms in total. The number of rotatable bonds is 7. The molecular weight excluding hydrogens is 374 g/mol. The maximum Gasteiger partial charge on any atom is 0.407 e. The van der Waals surface area contributed by atoms with Crippen molar-refractivity contribution in [3.63, 3.8) is 0 Å². The number of hydrogen-bond acceptors (Lipinski definition) is 4. The minimum Gasteiger partial charge on any atom is -0.444 e. The highest BCUT2D eigenvalue weighted by atomic mass is 16.6. The van der Waals surface area contributed by atoms with E-state index in [1.54, 1.807) is 0 Å². The van der Waals surface area contributed by atoms with E-state index >= 15 is 0 Å². The Bertz CT molecular complexity index is 748. The van der Waals surface area contributed by atoms with Gasteiger partial charge < -0.3 is 15.0 Å². The lowest BCUT2D eigenvalue weighted by atomic mass is 9.81. The molecule has 0 spiro atoms. The molecule has 164 valence electrons. The third kappa shape index (κ3) is 5.90. The first-order chi connectivity index (χ1) is 14.2. The number of nitrogens with zero attached hydrogens (tertiary/aromatic N) is 2. The molecule has 0 unspecified atom stereocenters. The molecule has 1 amide bonds. The number of carbonyl (C=O) groups excluding carboxylic acids is 1. The van der Waals surface area contributed by atoms with E-state index in [0.717, 1.165) is 38.8 Å². The number of nitrogens with one attached hydrogen (secondary N) is 1. The van der Waals surface area contributed by atoms with Gasteiger partial charge in [-0.3, -0.25) is 0 Å². The molecule has 0 radical (unpaired) electrons. The molecule has 2 aliphatic carbocycles. The summed E-state index contributed by atoms with van der Waals surface area (Å²) in [6, 6.07) is 11.1. The number of amides is 1. The summed E-state index contributed by atoms with van der Waals surface area (Å²) in [5.41, 5.74) is 1.77. The van der Waals surface area contributed by atoms with Gasteiger partial charge >= 0.3 is 6.09 Å². The minimum atomic E-state index is -0.447. The Balaban J connectivity index is 1.44. The fourth-order valence-corrected chi connectivity index (χ4v) is 4.47. The quantitative estimate of drug-likeness (QED) is 0.652. The van der Waals surface area contributed by atoms with E-state index in [0.29, 0.717) is 18.4 Å². The molecule has 2 aliphatic rings. The summed E-state index contributed by atoms with van der Waals surface area (Å²) < 4.78 is 5.33. The molecule has 0 aliphatic heterocycles. The first-order valence-corrected chi connectivity index (χ1v) is 11.5. The topological polar surface area (TPSA) is 65.4 Å². The fourth-order valence-electron chi connectivity index (χ4n) is 4.47. The van der Waals surface area contributed by atoms with Crippen molar-refractivity contribution in [3.8, 4) is 6.07 Å². The van der Waals surface area contributed by atoms with Gasteiger partial charge in [0, 0.05) is 25.3 Å². The summed E-state index contributed by atoms with van der Waals surface area (Å²) >= 11 is 0. The van der Waals surface area contributed by atoms with Crippen molar-refractivity contribution in [2.45, 2.75) is 77.2 Å². The van der Waals surface area contributed by atoms with Crippen molar-refractivity contribution in [3.05, 3.63) is 29.8 Å². The predicted molar refractivity (Wildman–Crippen MR) is 121 cm³/mol. The second-order valence-corrected chi connectivity index (χ2v) is 10.0. The summed E-state index contributed by atoms with van der Waals surface area (Å²) in [4.78, 5) is 14.3. The number of alkyl carbamates (subject to hydrolysis) is 1. The van der Waals surface area contributed by atoms with Crippen LogP contribution < -0.4 is 10.2 Å². The molecule has 1 aromatic rings. The third-order valence-electron chi connectivity index (χ3n) is 6.51. The van der Waals surface area contributed by atoms with Gasteiger partial charge in [0.1, 0.15) is 5.60 Å². The van der Waals surface area contributed by atoms with Crippen LogP contribution in [0.3, 0.4) is 0 Å². The first-order valence-electron chi connectivity index (χ1n) is 11.5. The fraction of sp³-hybridized carbons (Fsp3) is 0.680. The van der Waals surface area contributed by atoms with Gasteiger partial charge in [-0.25, -0.2) is 4.79 Å². The van der Waals surface area contributed by atoms with E-state index in [4.69, 9.17) is 4.74 Å². The maximum atomic E-state index is 11.9. The average Bonchev–Trinajstić information content (AvgIpc) is 3.52. The van der Waals surface area contributed by atoms with Crippen molar-refractivity contribution in [1.29, 1.82) is 5.26 Å². The predicted octanol–water partition coefficient (Wildman–Crippen LogP) is 5.40. The lowest BCUT2D eigenvalue weighted by Gasteiger charge is -2.33. The summed E-state index contributed by atoms with van der Waals surface area (Å²) in [6.45, 7) is 10.6. The number of anilines is 1. The Morgan fingerprint density at radius 1 is 1.17 bits per heavy atom. The average molecular weight is 412 g/mol. The van der Waals surface area contributed by atoms with Crippen LogP contribution in [0.15, 0.2) is 24.3 Å². The smallest absolute Gasteiger partial charge is 0.407 e. The molecule has 0 bridgehead atoms. The van der Waals surface area contributed by atoms with Crippen molar-refractivity contribution in [2.24, 2.45) is 11.8 Å². The number of ether oxygens (including phenoxy) is 1. The Hall–Kier alpha value is -2.22. The normalized spacial score (nSPS) is 22.6. The molecule has 3 rings (SSSR count). The molecular formula is C25H37N3O2. The molecule has 0 saturated heterocycles. The van der Waals surface area contributed by atoms with Gasteiger partial charge in [0.2, 0.25) is 0 Å². The van der Waals surface area contributed by atoms with Crippen LogP contribution in [-0.2, 0) is 10.2 Å². The first kappa shape index (κ1) is 22.5. The van der Waals surface area contributed by atoms with Crippen LogP contribution in [0.5, 0.6) is 0 Å². The van der Waals surface area contributed by atoms with E-state index in [1.807, 2.05) is 20.8 Å². The van der Waals surface area contributed by atoms with Crippen molar-refractivity contribution >= 4 is 11.8 Å². The summed E-state index contributed by atoms with van der Waals surface area (Å²) in [7, 11) is 0. The third-order valence-corrected chi connectivity index (χ3v) is 6.51. The zero-order chi connectivity index (χ0) is 21.8. The second-order valence-electron chi connectivity index (χ2n) is 10.0. The highest BCUT2D eigenvalue weighted by Crippen LogP contribution is 2.47. The lowest BCUT2D eigenvalue weighted by molar-refractivity contribution is 0.0513. The Morgan fingerprint density at radius 3 is 2.27 bits per heavy atom. The zero-order valence-electron chi connectivity index (χ0n) is 19.0. The molecule has 0 atom stereocenters. The Labute approximate surface area is 181 Å². The molecule has 1 aromatic carbocycles. The van der Waals surface area contributed by atoms with E-state index < -0.39 is 5.60 Å².